The zero-order chi connectivity index (χ0) is 22.2. The monoisotopic (exact) mass is 448 g/mol. The maximum absolute atomic E-state index is 13.3. The first kappa shape index (κ1) is 25.0. The molecule has 162 valence electrons. The van der Waals surface area contributed by atoms with Crippen molar-refractivity contribution in [1.82, 2.24) is 0 Å². The summed E-state index contributed by atoms with van der Waals surface area (Å²) < 4.78 is 58.8. The number of ether oxygens (including phenoxy) is 2. The van der Waals surface area contributed by atoms with Gasteiger partial charge in [0.05, 0.1) is 18.1 Å². The van der Waals surface area contributed by atoms with Crippen LogP contribution in [0.1, 0.15) is 26.3 Å². The van der Waals surface area contributed by atoms with Gasteiger partial charge in [0.25, 0.3) is 0 Å². The van der Waals surface area contributed by atoms with Crippen LogP contribution < -0.4 is 0 Å². The van der Waals surface area contributed by atoms with Crippen LogP contribution in [-0.2, 0) is 48.9 Å². The fraction of sp³-hybridized carbons (Fsp3) is 0.444. The van der Waals surface area contributed by atoms with Gasteiger partial charge in [0, 0.05) is 14.2 Å². The molecule has 0 bridgehead atoms. The quantitative estimate of drug-likeness (QED) is 0.302. The van der Waals surface area contributed by atoms with E-state index in [0.29, 0.717) is 6.42 Å². The Morgan fingerprint density at radius 1 is 0.897 bits per heavy atom. The van der Waals surface area contributed by atoms with E-state index in [2.05, 4.69) is 0 Å². The maximum Gasteiger partial charge on any atom is 0.369 e. The molecule has 9 nitrogen and oxygen atoms in total. The standard InChI is InChI=1S/C18H25O9PS/c1-6-13-9-11-14(12-10-13)29(22,23)16(18(20)27-8-3)15(17(19)26-7-2)28(21,24-4)25-5/h9-12H,6-8H2,1-5H3/b16-15+. The topological polar surface area (TPSA) is 122 Å². The number of carbonyl (C=O) groups excluding carboxylic acids is 2. The zero-order valence-electron chi connectivity index (χ0n) is 17.0. The number of esters is 2. The van der Waals surface area contributed by atoms with E-state index >= 15 is 0 Å². The van der Waals surface area contributed by atoms with Crippen molar-refractivity contribution in [2.24, 2.45) is 0 Å². The summed E-state index contributed by atoms with van der Waals surface area (Å²) in [6.45, 7) is 4.44. The van der Waals surface area contributed by atoms with Gasteiger partial charge in [0.15, 0.2) is 10.2 Å². The summed E-state index contributed by atoms with van der Waals surface area (Å²) in [5.74, 6) is -2.69. The molecule has 0 heterocycles. The molecule has 0 aliphatic carbocycles. The second kappa shape index (κ2) is 10.7. The number of hydrogen-bond acceptors (Lipinski definition) is 9. The SMILES string of the molecule is CCOC(=O)/C(=C(/C(=O)OCC)S(=O)(=O)c1ccc(CC)cc1)P(=O)(OC)OC. The van der Waals surface area contributed by atoms with Crippen molar-refractivity contribution in [1.29, 1.82) is 0 Å². The van der Waals surface area contributed by atoms with Gasteiger partial charge < -0.3 is 18.5 Å². The first-order valence-electron chi connectivity index (χ1n) is 8.77. The highest BCUT2D eigenvalue weighted by molar-refractivity contribution is 7.96. The lowest BCUT2D eigenvalue weighted by Gasteiger charge is -2.19. The molecule has 0 amide bonds. The maximum atomic E-state index is 13.3. The van der Waals surface area contributed by atoms with Crippen LogP contribution in [0, 0.1) is 0 Å². The van der Waals surface area contributed by atoms with Crippen molar-refractivity contribution in [2.75, 3.05) is 27.4 Å². The van der Waals surface area contributed by atoms with Crippen LogP contribution in [-0.4, -0.2) is 47.8 Å². The Balaban J connectivity index is 3.95. The van der Waals surface area contributed by atoms with Crippen molar-refractivity contribution in [2.45, 2.75) is 32.1 Å². The van der Waals surface area contributed by atoms with Crippen LogP contribution in [0.2, 0.25) is 0 Å². The molecule has 0 radical (unpaired) electrons. The average molecular weight is 448 g/mol. The van der Waals surface area contributed by atoms with Crippen LogP contribution in [0.4, 0.5) is 0 Å². The minimum Gasteiger partial charge on any atom is -0.462 e. The first-order valence-corrected chi connectivity index (χ1v) is 11.8. The molecule has 0 saturated carbocycles. The van der Waals surface area contributed by atoms with E-state index in [0.717, 1.165) is 19.8 Å². The van der Waals surface area contributed by atoms with Crippen molar-refractivity contribution in [3.05, 3.63) is 40.0 Å². The normalized spacial score (nSPS) is 12.9. The number of aryl methyl sites for hydroxylation is 1. The molecule has 29 heavy (non-hydrogen) atoms. The second-order valence-electron chi connectivity index (χ2n) is 5.48. The van der Waals surface area contributed by atoms with Gasteiger partial charge in [0.1, 0.15) is 0 Å². The Bertz CT molecular complexity index is 909. The lowest BCUT2D eigenvalue weighted by Crippen LogP contribution is -2.24. The van der Waals surface area contributed by atoms with Gasteiger partial charge in [-0.3, -0.25) is 4.57 Å². The summed E-state index contributed by atoms with van der Waals surface area (Å²) >= 11 is 0. The molecule has 0 fully saturated rings. The molecule has 0 spiro atoms. The molecular formula is C18H25O9PS. The molecule has 1 aromatic rings. The van der Waals surface area contributed by atoms with E-state index in [-0.39, 0.29) is 18.1 Å². The Morgan fingerprint density at radius 2 is 1.38 bits per heavy atom. The number of benzene rings is 1. The number of rotatable bonds is 10. The highest BCUT2D eigenvalue weighted by Gasteiger charge is 2.45. The fourth-order valence-electron chi connectivity index (χ4n) is 2.34. The van der Waals surface area contributed by atoms with Gasteiger partial charge in [-0.2, -0.15) is 0 Å². The van der Waals surface area contributed by atoms with Gasteiger partial charge in [-0.15, -0.1) is 0 Å². The van der Waals surface area contributed by atoms with E-state index in [1.54, 1.807) is 12.1 Å². The lowest BCUT2D eigenvalue weighted by atomic mass is 10.2. The third kappa shape index (κ3) is 5.54. The van der Waals surface area contributed by atoms with E-state index in [4.69, 9.17) is 18.5 Å². The molecule has 11 heteroatoms. The summed E-state index contributed by atoms with van der Waals surface area (Å²) in [7, 11) is -7.25. The molecule has 1 aromatic carbocycles. The van der Waals surface area contributed by atoms with E-state index < -0.39 is 39.6 Å². The molecule has 0 aliphatic rings. The molecule has 0 N–H and O–H groups in total. The predicted molar refractivity (Wildman–Crippen MR) is 105 cm³/mol. The zero-order valence-corrected chi connectivity index (χ0v) is 18.7. The molecular weight excluding hydrogens is 423 g/mol. The predicted octanol–water partition coefficient (Wildman–Crippen LogP) is 2.85. The molecule has 1 rings (SSSR count). The summed E-state index contributed by atoms with van der Waals surface area (Å²) in [6.07, 6.45) is 0.664. The molecule has 0 unspecified atom stereocenters. The highest BCUT2D eigenvalue weighted by Crippen LogP contribution is 2.57. The smallest absolute Gasteiger partial charge is 0.369 e. The highest BCUT2D eigenvalue weighted by atomic mass is 32.2. The van der Waals surface area contributed by atoms with Crippen molar-refractivity contribution >= 4 is 29.4 Å². The second-order valence-corrected chi connectivity index (χ2v) is 9.54. The Kier molecular flexibility index (Phi) is 9.22. The number of hydrogen-bond donors (Lipinski definition) is 0. The third-order valence-corrected chi connectivity index (χ3v) is 7.68. The van der Waals surface area contributed by atoms with Crippen LogP contribution in [0.3, 0.4) is 0 Å². The van der Waals surface area contributed by atoms with Crippen LogP contribution >= 0.6 is 7.60 Å². The van der Waals surface area contributed by atoms with Crippen molar-refractivity contribution in [3.8, 4) is 0 Å². The fourth-order valence-corrected chi connectivity index (χ4v) is 5.52. The van der Waals surface area contributed by atoms with E-state index in [9.17, 15) is 22.6 Å². The van der Waals surface area contributed by atoms with E-state index in [1.165, 1.54) is 26.0 Å². The molecule has 0 aromatic heterocycles. The summed E-state index contributed by atoms with van der Waals surface area (Å²) in [6, 6.07) is 5.68. The van der Waals surface area contributed by atoms with Crippen LogP contribution in [0.15, 0.2) is 39.4 Å². The largest absolute Gasteiger partial charge is 0.462 e. The van der Waals surface area contributed by atoms with Gasteiger partial charge in [-0.25, -0.2) is 18.0 Å². The average Bonchev–Trinajstić information content (AvgIpc) is 2.71. The summed E-state index contributed by atoms with van der Waals surface area (Å²) in [5.41, 5.74) is 0.857. The van der Waals surface area contributed by atoms with Gasteiger partial charge in [-0.1, -0.05) is 19.1 Å². The molecule has 0 aliphatic heterocycles. The Labute approximate surface area is 170 Å². The van der Waals surface area contributed by atoms with Crippen molar-refractivity contribution < 1.29 is 41.1 Å². The number of carbonyl (C=O) groups is 2. The van der Waals surface area contributed by atoms with E-state index in [1.807, 2.05) is 6.92 Å². The Morgan fingerprint density at radius 3 is 1.79 bits per heavy atom. The third-order valence-electron chi connectivity index (χ3n) is 3.81. The summed E-state index contributed by atoms with van der Waals surface area (Å²) in [5, 5.41) is -1.04. The summed E-state index contributed by atoms with van der Waals surface area (Å²) in [4.78, 5) is 23.7. The van der Waals surface area contributed by atoms with Gasteiger partial charge in [-0.05, 0) is 38.0 Å². The van der Waals surface area contributed by atoms with Gasteiger partial charge >= 0.3 is 19.5 Å². The number of sulfone groups is 1. The van der Waals surface area contributed by atoms with Crippen molar-refractivity contribution in [3.63, 3.8) is 0 Å². The van der Waals surface area contributed by atoms with Crippen LogP contribution in [0.5, 0.6) is 0 Å². The Hall–Kier alpha value is -2.00. The molecule has 0 saturated heterocycles. The minimum atomic E-state index is -4.64. The molecule has 0 atom stereocenters. The minimum absolute atomic E-state index is 0.170. The van der Waals surface area contributed by atoms with Crippen LogP contribution in [0.25, 0.3) is 0 Å². The first-order chi connectivity index (χ1) is 13.6. The van der Waals surface area contributed by atoms with Gasteiger partial charge in [0.2, 0.25) is 9.84 Å². The lowest BCUT2D eigenvalue weighted by molar-refractivity contribution is -0.140.